The first-order chi connectivity index (χ1) is 20.4. The summed E-state index contributed by atoms with van der Waals surface area (Å²) in [4.78, 5) is 29.9. The van der Waals surface area contributed by atoms with Crippen molar-refractivity contribution in [1.29, 1.82) is 0 Å². The van der Waals surface area contributed by atoms with Crippen molar-refractivity contribution in [2.45, 2.75) is 26.8 Å². The zero-order valence-corrected chi connectivity index (χ0v) is 24.1. The second kappa shape index (κ2) is 12.8. The number of aryl methyl sites for hydroxylation is 2. The van der Waals surface area contributed by atoms with Crippen LogP contribution in [0.4, 0.5) is 10.1 Å². The Morgan fingerprint density at radius 2 is 2.02 bits per heavy atom. The van der Waals surface area contributed by atoms with Crippen molar-refractivity contribution in [3.63, 3.8) is 0 Å². The van der Waals surface area contributed by atoms with Gasteiger partial charge in [-0.2, -0.15) is 16.4 Å². The Morgan fingerprint density at radius 3 is 2.74 bits per heavy atom. The second-order valence-corrected chi connectivity index (χ2v) is 10.2. The SMILES string of the molecule is CCOCCNC(=O)C(c1cn[nH]c1-c1ccsc1)N(C(=O)c1cc(F)ccc1C)c1ccc(-n2cnnn2)c(C)c1. The van der Waals surface area contributed by atoms with Crippen LogP contribution >= 0.6 is 11.3 Å². The van der Waals surface area contributed by atoms with E-state index in [0.717, 1.165) is 11.1 Å². The number of hydrogen-bond donors (Lipinski definition) is 2. The number of hydrogen-bond acceptors (Lipinski definition) is 8. The number of ether oxygens (including phenoxy) is 1. The van der Waals surface area contributed by atoms with Gasteiger partial charge in [-0.25, -0.2) is 9.07 Å². The first-order valence-corrected chi connectivity index (χ1v) is 14.2. The summed E-state index contributed by atoms with van der Waals surface area (Å²) in [7, 11) is 0. The van der Waals surface area contributed by atoms with Crippen LogP contribution in [0, 0.1) is 19.7 Å². The number of halogens is 1. The number of tetrazole rings is 1. The van der Waals surface area contributed by atoms with Gasteiger partial charge in [0.15, 0.2) is 0 Å². The molecule has 42 heavy (non-hydrogen) atoms. The molecule has 0 spiro atoms. The Bertz CT molecular complexity index is 1670. The van der Waals surface area contributed by atoms with Gasteiger partial charge in [0.05, 0.1) is 24.2 Å². The lowest BCUT2D eigenvalue weighted by Gasteiger charge is -2.32. The molecule has 13 heteroatoms. The van der Waals surface area contributed by atoms with Crippen molar-refractivity contribution < 1.29 is 18.7 Å². The van der Waals surface area contributed by atoms with E-state index in [1.54, 1.807) is 37.4 Å². The number of H-pyrrole nitrogens is 1. The monoisotopic (exact) mass is 588 g/mol. The Kier molecular flexibility index (Phi) is 8.79. The normalized spacial score (nSPS) is 11.8. The molecule has 0 fully saturated rings. The summed E-state index contributed by atoms with van der Waals surface area (Å²) in [5, 5.41) is 25.4. The van der Waals surface area contributed by atoms with Gasteiger partial charge in [-0.3, -0.25) is 19.6 Å². The number of aromatic nitrogens is 6. The van der Waals surface area contributed by atoms with Crippen LogP contribution in [0.1, 0.15) is 40.0 Å². The summed E-state index contributed by atoms with van der Waals surface area (Å²) in [6, 6.07) is 10.00. The average molecular weight is 589 g/mol. The van der Waals surface area contributed by atoms with E-state index in [4.69, 9.17) is 4.74 Å². The van der Waals surface area contributed by atoms with Gasteiger partial charge in [-0.15, -0.1) is 5.10 Å². The molecule has 0 bridgehead atoms. The highest BCUT2D eigenvalue weighted by atomic mass is 32.1. The molecule has 2 amide bonds. The fourth-order valence-corrected chi connectivity index (χ4v) is 5.33. The van der Waals surface area contributed by atoms with Gasteiger partial charge in [-0.05, 0) is 84.1 Å². The maximum absolute atomic E-state index is 14.5. The summed E-state index contributed by atoms with van der Waals surface area (Å²) >= 11 is 1.49. The Labute approximate surface area is 245 Å². The molecule has 5 aromatic rings. The first-order valence-electron chi connectivity index (χ1n) is 13.2. The highest BCUT2D eigenvalue weighted by Gasteiger charge is 2.37. The third-order valence-corrected chi connectivity index (χ3v) is 7.42. The van der Waals surface area contributed by atoms with Gasteiger partial charge in [-0.1, -0.05) is 6.07 Å². The lowest BCUT2D eigenvalue weighted by Crippen LogP contribution is -2.45. The maximum Gasteiger partial charge on any atom is 0.259 e. The first kappa shape index (κ1) is 28.8. The molecular weight excluding hydrogens is 559 g/mol. The molecule has 0 saturated heterocycles. The Hall–Kier alpha value is -4.75. The fraction of sp³-hybridized carbons (Fsp3) is 0.241. The molecular formula is C29H29FN8O3S. The number of nitrogens with one attached hydrogen (secondary N) is 2. The molecule has 0 radical (unpaired) electrons. The van der Waals surface area contributed by atoms with Crippen molar-refractivity contribution in [2.75, 3.05) is 24.7 Å². The lowest BCUT2D eigenvalue weighted by atomic mass is 9.98. The number of amides is 2. The average Bonchev–Trinajstić information content (AvgIpc) is 3.78. The number of thiophene rings is 1. The highest BCUT2D eigenvalue weighted by molar-refractivity contribution is 7.08. The van der Waals surface area contributed by atoms with Gasteiger partial charge < -0.3 is 10.1 Å². The van der Waals surface area contributed by atoms with Gasteiger partial charge in [0.1, 0.15) is 18.2 Å². The summed E-state index contributed by atoms with van der Waals surface area (Å²) in [6.45, 7) is 6.47. The quantitative estimate of drug-likeness (QED) is 0.219. The molecule has 216 valence electrons. The van der Waals surface area contributed by atoms with E-state index in [9.17, 15) is 14.0 Å². The van der Waals surface area contributed by atoms with Crippen LogP contribution < -0.4 is 10.2 Å². The van der Waals surface area contributed by atoms with Crippen molar-refractivity contribution in [2.24, 2.45) is 0 Å². The number of aromatic amines is 1. The van der Waals surface area contributed by atoms with Crippen molar-refractivity contribution in [3.8, 4) is 16.9 Å². The molecule has 3 aromatic heterocycles. The minimum absolute atomic E-state index is 0.130. The van der Waals surface area contributed by atoms with Crippen LogP contribution in [0.15, 0.2) is 65.7 Å². The van der Waals surface area contributed by atoms with Gasteiger partial charge in [0.2, 0.25) is 5.91 Å². The predicted octanol–water partition coefficient (Wildman–Crippen LogP) is 4.41. The lowest BCUT2D eigenvalue weighted by molar-refractivity contribution is -0.122. The summed E-state index contributed by atoms with van der Waals surface area (Å²) in [5.41, 5.74) is 4.44. The van der Waals surface area contributed by atoms with E-state index < -0.39 is 23.7 Å². The third-order valence-electron chi connectivity index (χ3n) is 6.73. The minimum atomic E-state index is -1.17. The molecule has 0 aliphatic rings. The van der Waals surface area contributed by atoms with E-state index >= 15 is 0 Å². The number of nitrogens with zero attached hydrogens (tertiary/aromatic N) is 6. The van der Waals surface area contributed by atoms with Gasteiger partial charge in [0.25, 0.3) is 5.91 Å². The summed E-state index contributed by atoms with van der Waals surface area (Å²) < 4.78 is 21.4. The number of rotatable bonds is 11. The Balaban J connectivity index is 1.68. The van der Waals surface area contributed by atoms with E-state index in [1.807, 2.05) is 30.7 Å². The molecule has 2 aromatic carbocycles. The number of carbonyl (C=O) groups excluding carboxylic acids is 2. The molecule has 0 aliphatic carbocycles. The van der Waals surface area contributed by atoms with Crippen molar-refractivity contribution in [1.82, 2.24) is 35.7 Å². The largest absolute Gasteiger partial charge is 0.380 e. The molecule has 0 aliphatic heterocycles. The smallest absolute Gasteiger partial charge is 0.259 e. The van der Waals surface area contributed by atoms with Crippen LogP contribution in [-0.2, 0) is 9.53 Å². The summed E-state index contributed by atoms with van der Waals surface area (Å²) in [6.07, 6.45) is 3.01. The van der Waals surface area contributed by atoms with E-state index in [-0.39, 0.29) is 12.1 Å². The molecule has 1 atom stereocenters. The van der Waals surface area contributed by atoms with Crippen molar-refractivity contribution in [3.05, 3.63) is 93.8 Å². The number of benzene rings is 2. The number of anilines is 1. The van der Waals surface area contributed by atoms with E-state index in [1.165, 1.54) is 39.4 Å². The molecule has 3 heterocycles. The van der Waals surface area contributed by atoms with E-state index in [0.29, 0.717) is 41.4 Å². The molecule has 1 unspecified atom stereocenters. The maximum atomic E-state index is 14.5. The standard InChI is InChI=1S/C29H29FN8O3S/c1-4-41-11-10-31-28(39)27(24-15-32-34-26(24)20-9-12-42-16-20)38(29(40)23-14-21(30)6-5-18(23)2)22-7-8-25(19(3)13-22)37-17-33-35-36-37/h5-9,12-17,27H,4,10-11H2,1-3H3,(H,31,39)(H,32,34). The summed E-state index contributed by atoms with van der Waals surface area (Å²) in [5.74, 6) is -1.56. The zero-order chi connectivity index (χ0) is 29.6. The van der Waals surface area contributed by atoms with Crippen LogP contribution in [0.3, 0.4) is 0 Å². The minimum Gasteiger partial charge on any atom is -0.380 e. The van der Waals surface area contributed by atoms with Crippen LogP contribution in [0.2, 0.25) is 0 Å². The second-order valence-electron chi connectivity index (χ2n) is 9.46. The topological polar surface area (TPSA) is 131 Å². The molecule has 5 rings (SSSR count). The van der Waals surface area contributed by atoms with Crippen molar-refractivity contribution >= 4 is 28.8 Å². The van der Waals surface area contributed by atoms with Crippen LogP contribution in [-0.4, -0.2) is 62.0 Å². The van der Waals surface area contributed by atoms with Gasteiger partial charge in [0, 0.05) is 40.9 Å². The fourth-order valence-electron chi connectivity index (χ4n) is 4.68. The Morgan fingerprint density at radius 1 is 1.17 bits per heavy atom. The van der Waals surface area contributed by atoms with E-state index in [2.05, 4.69) is 31.0 Å². The highest BCUT2D eigenvalue weighted by Crippen LogP contribution is 2.36. The predicted molar refractivity (Wildman–Crippen MR) is 156 cm³/mol. The number of carbonyl (C=O) groups is 2. The zero-order valence-electron chi connectivity index (χ0n) is 23.2. The molecule has 0 saturated carbocycles. The van der Waals surface area contributed by atoms with Crippen LogP contribution in [0.25, 0.3) is 16.9 Å². The van der Waals surface area contributed by atoms with Crippen LogP contribution in [0.5, 0.6) is 0 Å². The molecule has 2 N–H and O–H groups in total. The molecule has 11 nitrogen and oxygen atoms in total. The van der Waals surface area contributed by atoms with Gasteiger partial charge >= 0.3 is 0 Å². The third kappa shape index (κ3) is 5.97.